The maximum atomic E-state index is 12.7. The zero-order valence-corrected chi connectivity index (χ0v) is 13.7. The Bertz CT molecular complexity index is 473. The molecule has 2 N–H and O–H groups in total. The second-order valence-corrected chi connectivity index (χ2v) is 7.17. The number of hydrogen-bond donors (Lipinski definition) is 2. The van der Waals surface area contributed by atoms with E-state index in [4.69, 9.17) is 0 Å². The van der Waals surface area contributed by atoms with Gasteiger partial charge in [0.25, 0.3) is 0 Å². The number of carbonyl (C=O) groups excluding carboxylic acids is 1. The summed E-state index contributed by atoms with van der Waals surface area (Å²) < 4.78 is 0. The third kappa shape index (κ3) is 3.29. The smallest absolute Gasteiger partial charge is 0.227 e. The molecule has 3 nitrogen and oxygen atoms in total. The highest BCUT2D eigenvalue weighted by Gasteiger charge is 2.44. The summed E-state index contributed by atoms with van der Waals surface area (Å²) in [5.41, 5.74) is 0.960. The Kier molecular flexibility index (Phi) is 4.72. The van der Waals surface area contributed by atoms with E-state index in [-0.39, 0.29) is 16.7 Å². The molecular formula is C18H28N2O. The fraction of sp³-hybridized carbons (Fsp3) is 0.611. The number of rotatable bonds is 5. The normalized spacial score (nSPS) is 22.5. The van der Waals surface area contributed by atoms with Crippen molar-refractivity contribution < 1.29 is 4.79 Å². The molecule has 1 amide bonds. The zero-order chi connectivity index (χ0) is 15.5. The molecule has 0 aromatic heterocycles. The Morgan fingerprint density at radius 1 is 1.33 bits per heavy atom. The van der Waals surface area contributed by atoms with Gasteiger partial charge < -0.3 is 10.6 Å². The second-order valence-electron chi connectivity index (χ2n) is 7.17. The molecule has 0 radical (unpaired) electrons. The zero-order valence-electron chi connectivity index (χ0n) is 13.7. The van der Waals surface area contributed by atoms with Crippen LogP contribution in [-0.2, 0) is 10.2 Å². The molecular weight excluding hydrogens is 260 g/mol. The van der Waals surface area contributed by atoms with Gasteiger partial charge in [0.15, 0.2) is 0 Å². The van der Waals surface area contributed by atoms with Gasteiger partial charge in [-0.2, -0.15) is 0 Å². The first-order chi connectivity index (χ1) is 9.88. The van der Waals surface area contributed by atoms with Crippen molar-refractivity contribution in [3.8, 4) is 0 Å². The first-order valence-electron chi connectivity index (χ1n) is 7.93. The topological polar surface area (TPSA) is 41.1 Å². The number of nitrogens with one attached hydrogen (secondary N) is 2. The van der Waals surface area contributed by atoms with Gasteiger partial charge in [-0.1, -0.05) is 58.0 Å². The van der Waals surface area contributed by atoms with Crippen molar-refractivity contribution in [1.82, 2.24) is 10.6 Å². The van der Waals surface area contributed by atoms with Gasteiger partial charge in [0, 0.05) is 18.5 Å². The highest BCUT2D eigenvalue weighted by Crippen LogP contribution is 2.34. The summed E-state index contributed by atoms with van der Waals surface area (Å²) >= 11 is 0. The fourth-order valence-electron chi connectivity index (χ4n) is 3.13. The van der Waals surface area contributed by atoms with Crippen LogP contribution in [-0.4, -0.2) is 25.5 Å². The molecule has 0 bridgehead atoms. The molecule has 0 saturated carbocycles. The molecule has 1 unspecified atom stereocenters. The quantitative estimate of drug-likeness (QED) is 0.874. The van der Waals surface area contributed by atoms with Crippen LogP contribution in [0.15, 0.2) is 30.3 Å². The van der Waals surface area contributed by atoms with Crippen molar-refractivity contribution in [1.29, 1.82) is 0 Å². The predicted molar refractivity (Wildman–Crippen MR) is 87.2 cm³/mol. The van der Waals surface area contributed by atoms with E-state index in [1.165, 1.54) is 5.56 Å². The number of hydrogen-bond acceptors (Lipinski definition) is 2. The first kappa shape index (κ1) is 16.0. The van der Waals surface area contributed by atoms with Crippen LogP contribution >= 0.6 is 0 Å². The second kappa shape index (κ2) is 6.18. The highest BCUT2D eigenvalue weighted by molar-refractivity contribution is 5.83. The van der Waals surface area contributed by atoms with Crippen LogP contribution in [0, 0.1) is 11.3 Å². The molecule has 116 valence electrons. The van der Waals surface area contributed by atoms with E-state index in [9.17, 15) is 4.79 Å². The summed E-state index contributed by atoms with van der Waals surface area (Å²) in [6.07, 6.45) is 0.933. The molecule has 1 fully saturated rings. The third-order valence-corrected chi connectivity index (χ3v) is 4.99. The molecule has 0 spiro atoms. The van der Waals surface area contributed by atoms with Crippen LogP contribution in [0.3, 0.4) is 0 Å². The third-order valence-electron chi connectivity index (χ3n) is 4.99. The van der Waals surface area contributed by atoms with E-state index in [0.717, 1.165) is 19.5 Å². The van der Waals surface area contributed by atoms with Crippen LogP contribution in [0.25, 0.3) is 0 Å². The van der Waals surface area contributed by atoms with Crippen molar-refractivity contribution in [2.45, 2.75) is 39.5 Å². The van der Waals surface area contributed by atoms with Gasteiger partial charge in [-0.15, -0.1) is 0 Å². The lowest BCUT2D eigenvalue weighted by Crippen LogP contribution is -2.49. The van der Waals surface area contributed by atoms with E-state index in [2.05, 4.69) is 62.6 Å². The van der Waals surface area contributed by atoms with Gasteiger partial charge in [0.05, 0.1) is 5.41 Å². The molecule has 0 aliphatic carbocycles. The standard InChI is InChI=1S/C18H28N2O/c1-14(2)18(10-11-19-13-18)16(21)20-12-17(3,4)15-8-6-5-7-9-15/h5-9,14,19H,10-13H2,1-4H3,(H,20,21). The summed E-state index contributed by atoms with van der Waals surface area (Å²) in [6.45, 7) is 11.1. The summed E-state index contributed by atoms with van der Waals surface area (Å²) in [5, 5.41) is 6.55. The molecule has 21 heavy (non-hydrogen) atoms. The number of amides is 1. The molecule has 1 atom stereocenters. The summed E-state index contributed by atoms with van der Waals surface area (Å²) in [6, 6.07) is 10.4. The molecule has 1 aromatic carbocycles. The summed E-state index contributed by atoms with van der Waals surface area (Å²) in [4.78, 5) is 12.7. The Hall–Kier alpha value is -1.35. The maximum Gasteiger partial charge on any atom is 0.227 e. The number of carbonyl (C=O) groups is 1. The average molecular weight is 288 g/mol. The molecule has 1 aromatic rings. The lowest BCUT2D eigenvalue weighted by molar-refractivity contribution is -0.132. The summed E-state index contributed by atoms with van der Waals surface area (Å²) in [7, 11) is 0. The monoisotopic (exact) mass is 288 g/mol. The van der Waals surface area contributed by atoms with E-state index in [1.54, 1.807) is 0 Å². The Balaban J connectivity index is 2.03. The highest BCUT2D eigenvalue weighted by atomic mass is 16.2. The van der Waals surface area contributed by atoms with Gasteiger partial charge in [-0.3, -0.25) is 4.79 Å². The molecule has 1 aliphatic heterocycles. The van der Waals surface area contributed by atoms with Gasteiger partial charge in [0.2, 0.25) is 5.91 Å². The van der Waals surface area contributed by atoms with Crippen molar-refractivity contribution >= 4 is 5.91 Å². The van der Waals surface area contributed by atoms with Gasteiger partial charge in [0.1, 0.15) is 0 Å². The van der Waals surface area contributed by atoms with E-state index in [1.807, 2.05) is 6.07 Å². The van der Waals surface area contributed by atoms with Crippen LogP contribution in [0.2, 0.25) is 0 Å². The molecule has 3 heteroatoms. The Morgan fingerprint density at radius 2 is 2.00 bits per heavy atom. The SMILES string of the molecule is CC(C)C1(C(=O)NCC(C)(C)c2ccccc2)CCNC1. The lowest BCUT2D eigenvalue weighted by atomic mass is 9.75. The van der Waals surface area contributed by atoms with Gasteiger partial charge in [-0.25, -0.2) is 0 Å². The predicted octanol–water partition coefficient (Wildman–Crippen LogP) is 2.72. The van der Waals surface area contributed by atoms with Crippen LogP contribution < -0.4 is 10.6 Å². The van der Waals surface area contributed by atoms with E-state index >= 15 is 0 Å². The minimum Gasteiger partial charge on any atom is -0.355 e. The maximum absolute atomic E-state index is 12.7. The van der Waals surface area contributed by atoms with Crippen molar-refractivity contribution in [2.75, 3.05) is 19.6 Å². The number of benzene rings is 1. The van der Waals surface area contributed by atoms with E-state index in [0.29, 0.717) is 12.5 Å². The first-order valence-corrected chi connectivity index (χ1v) is 7.93. The Labute approximate surface area is 128 Å². The van der Waals surface area contributed by atoms with Crippen molar-refractivity contribution in [3.05, 3.63) is 35.9 Å². The largest absolute Gasteiger partial charge is 0.355 e. The van der Waals surface area contributed by atoms with Gasteiger partial charge in [-0.05, 0) is 24.4 Å². The molecule has 1 aliphatic rings. The minimum atomic E-state index is -0.243. The fourth-order valence-corrected chi connectivity index (χ4v) is 3.13. The van der Waals surface area contributed by atoms with Crippen molar-refractivity contribution in [2.24, 2.45) is 11.3 Å². The molecule has 2 rings (SSSR count). The Morgan fingerprint density at radius 3 is 2.52 bits per heavy atom. The van der Waals surface area contributed by atoms with E-state index < -0.39 is 0 Å². The van der Waals surface area contributed by atoms with Crippen LogP contribution in [0.4, 0.5) is 0 Å². The molecule has 1 saturated heterocycles. The minimum absolute atomic E-state index is 0.0544. The van der Waals surface area contributed by atoms with Gasteiger partial charge >= 0.3 is 0 Å². The lowest BCUT2D eigenvalue weighted by Gasteiger charge is -2.33. The summed E-state index contributed by atoms with van der Waals surface area (Å²) in [5.74, 6) is 0.554. The van der Waals surface area contributed by atoms with Crippen LogP contribution in [0.5, 0.6) is 0 Å². The average Bonchev–Trinajstić information content (AvgIpc) is 2.97. The van der Waals surface area contributed by atoms with Crippen molar-refractivity contribution in [3.63, 3.8) is 0 Å². The van der Waals surface area contributed by atoms with Crippen LogP contribution in [0.1, 0.15) is 39.7 Å². The molecule has 1 heterocycles.